The molecule has 5 nitrogen and oxygen atoms in total. The molecule has 3 rings (SSSR count). The summed E-state index contributed by atoms with van der Waals surface area (Å²) in [5, 5.41) is 11.9. The minimum atomic E-state index is -0.753. The number of hydrogen-bond acceptors (Lipinski definition) is 5. The fourth-order valence-electron chi connectivity index (χ4n) is 3.71. The van der Waals surface area contributed by atoms with Crippen LogP contribution in [0.1, 0.15) is 41.3 Å². The van der Waals surface area contributed by atoms with Crippen LogP contribution in [0.4, 0.5) is 0 Å². The highest BCUT2D eigenvalue weighted by Gasteiger charge is 2.37. The second-order valence-electron chi connectivity index (χ2n) is 6.57. The van der Waals surface area contributed by atoms with Crippen LogP contribution >= 0.6 is 11.3 Å². The van der Waals surface area contributed by atoms with Gasteiger partial charge in [0.1, 0.15) is 17.5 Å². The zero-order valence-corrected chi connectivity index (χ0v) is 16.2. The molecule has 1 N–H and O–H groups in total. The van der Waals surface area contributed by atoms with Crippen LogP contribution in [-0.4, -0.2) is 42.8 Å². The van der Waals surface area contributed by atoms with Crippen LogP contribution in [0.5, 0.6) is 11.5 Å². The number of carbonyl (C=O) groups is 1. The first-order chi connectivity index (χ1) is 12.6. The number of carboxylic acids is 1. The Morgan fingerprint density at radius 2 is 2.08 bits per heavy atom. The fraction of sp³-hybridized carbons (Fsp3) is 0.450. The molecule has 1 aliphatic heterocycles. The van der Waals surface area contributed by atoms with Crippen LogP contribution in [0.3, 0.4) is 0 Å². The van der Waals surface area contributed by atoms with Gasteiger partial charge in [0.05, 0.1) is 20.3 Å². The Morgan fingerprint density at radius 1 is 1.27 bits per heavy atom. The van der Waals surface area contributed by atoms with E-state index in [2.05, 4.69) is 23.3 Å². The molecule has 1 fully saturated rings. The van der Waals surface area contributed by atoms with Crippen molar-refractivity contribution in [3.63, 3.8) is 0 Å². The lowest BCUT2D eigenvalue weighted by Crippen LogP contribution is -2.46. The number of ether oxygens (including phenoxy) is 2. The van der Waals surface area contributed by atoms with Crippen molar-refractivity contribution in [3.05, 3.63) is 45.6 Å². The minimum absolute atomic E-state index is 0.141. The summed E-state index contributed by atoms with van der Waals surface area (Å²) in [6.07, 6.45) is 2.63. The first kappa shape index (κ1) is 18.7. The molecule has 1 aliphatic rings. The van der Waals surface area contributed by atoms with Crippen molar-refractivity contribution in [1.82, 2.24) is 4.90 Å². The predicted molar refractivity (Wildman–Crippen MR) is 102 cm³/mol. The Bertz CT molecular complexity index is 773. The van der Waals surface area contributed by atoms with Crippen LogP contribution in [-0.2, 0) is 4.79 Å². The summed E-state index contributed by atoms with van der Waals surface area (Å²) in [7, 11) is 3.27. The number of aryl methyl sites for hydroxylation is 1. The number of rotatable bonds is 6. The van der Waals surface area contributed by atoms with E-state index in [4.69, 9.17) is 9.47 Å². The standard InChI is InChI=1S/C20H25NO4S/c1-13-9-11-26-19(13)18(21-10-5-4-6-16(21)20(22)23)15-8-7-14(24-2)12-17(15)25-3/h7-9,11-12,16,18H,4-6,10H2,1-3H3,(H,22,23). The van der Waals surface area contributed by atoms with Crippen LogP contribution in [0.15, 0.2) is 29.6 Å². The molecule has 0 radical (unpaired) electrons. The van der Waals surface area contributed by atoms with Gasteiger partial charge in [0.2, 0.25) is 0 Å². The molecule has 1 saturated heterocycles. The number of carboxylic acid groups (broad SMARTS) is 1. The van der Waals surface area contributed by atoms with Crippen molar-refractivity contribution in [1.29, 1.82) is 0 Å². The van der Waals surface area contributed by atoms with E-state index >= 15 is 0 Å². The van der Waals surface area contributed by atoms with E-state index in [0.717, 1.165) is 36.4 Å². The fourth-order valence-corrected chi connectivity index (χ4v) is 4.77. The molecule has 2 unspecified atom stereocenters. The molecule has 140 valence electrons. The molecular formula is C20H25NO4S. The van der Waals surface area contributed by atoms with Gasteiger partial charge in [-0.05, 0) is 55.5 Å². The van der Waals surface area contributed by atoms with Crippen LogP contribution in [0, 0.1) is 6.92 Å². The van der Waals surface area contributed by atoms with Crippen LogP contribution in [0.25, 0.3) is 0 Å². The zero-order valence-electron chi connectivity index (χ0n) is 15.4. The molecule has 0 saturated carbocycles. The summed E-state index contributed by atoms with van der Waals surface area (Å²) in [5.41, 5.74) is 2.15. The van der Waals surface area contributed by atoms with Crippen LogP contribution in [0.2, 0.25) is 0 Å². The molecule has 0 bridgehead atoms. The normalized spacial score (nSPS) is 19.1. The van der Waals surface area contributed by atoms with Gasteiger partial charge in [-0.3, -0.25) is 9.69 Å². The Morgan fingerprint density at radius 3 is 2.69 bits per heavy atom. The SMILES string of the molecule is COc1ccc(C(c2sccc2C)N2CCCCC2C(=O)O)c(OC)c1. The number of benzene rings is 1. The Balaban J connectivity index is 2.13. The molecule has 2 heterocycles. The second-order valence-corrected chi connectivity index (χ2v) is 7.51. The number of methoxy groups -OCH3 is 2. The van der Waals surface area contributed by atoms with Crippen molar-refractivity contribution in [3.8, 4) is 11.5 Å². The topological polar surface area (TPSA) is 59.0 Å². The largest absolute Gasteiger partial charge is 0.497 e. The third-order valence-electron chi connectivity index (χ3n) is 5.05. The van der Waals surface area contributed by atoms with Gasteiger partial charge in [0, 0.05) is 16.5 Å². The molecule has 1 aromatic heterocycles. The monoisotopic (exact) mass is 375 g/mol. The Labute approximate surface area is 158 Å². The Kier molecular flexibility index (Phi) is 5.84. The summed E-state index contributed by atoms with van der Waals surface area (Å²) in [5.74, 6) is 0.689. The van der Waals surface area contributed by atoms with Gasteiger partial charge >= 0.3 is 5.97 Å². The predicted octanol–water partition coefficient (Wildman–Crippen LogP) is 4.10. The highest BCUT2D eigenvalue weighted by molar-refractivity contribution is 7.10. The molecule has 2 atom stereocenters. The maximum atomic E-state index is 11.9. The first-order valence-electron chi connectivity index (χ1n) is 8.81. The van der Waals surface area contributed by atoms with Crippen molar-refractivity contribution in [2.45, 2.75) is 38.3 Å². The highest BCUT2D eigenvalue weighted by atomic mass is 32.1. The van der Waals surface area contributed by atoms with Gasteiger partial charge in [0.15, 0.2) is 0 Å². The average Bonchev–Trinajstić information content (AvgIpc) is 3.08. The lowest BCUT2D eigenvalue weighted by Gasteiger charge is -2.39. The van der Waals surface area contributed by atoms with Gasteiger partial charge in [-0.1, -0.05) is 6.42 Å². The quantitative estimate of drug-likeness (QED) is 0.824. The van der Waals surface area contributed by atoms with E-state index in [0.29, 0.717) is 6.42 Å². The number of likely N-dealkylation sites (tertiary alicyclic amines) is 1. The lowest BCUT2D eigenvalue weighted by atomic mass is 9.93. The van der Waals surface area contributed by atoms with Crippen molar-refractivity contribution < 1.29 is 19.4 Å². The zero-order chi connectivity index (χ0) is 18.7. The molecule has 0 spiro atoms. The van der Waals surface area contributed by atoms with Gasteiger partial charge < -0.3 is 14.6 Å². The molecule has 0 amide bonds. The number of thiophene rings is 1. The summed E-state index contributed by atoms with van der Waals surface area (Å²) in [6.45, 7) is 2.84. The van der Waals surface area contributed by atoms with Gasteiger partial charge in [-0.25, -0.2) is 0 Å². The van der Waals surface area contributed by atoms with E-state index in [1.807, 2.05) is 18.2 Å². The molecule has 26 heavy (non-hydrogen) atoms. The van der Waals surface area contributed by atoms with Crippen LogP contribution < -0.4 is 9.47 Å². The maximum absolute atomic E-state index is 11.9. The average molecular weight is 375 g/mol. The minimum Gasteiger partial charge on any atom is -0.497 e. The van der Waals surface area contributed by atoms with E-state index in [9.17, 15) is 9.90 Å². The van der Waals surface area contributed by atoms with E-state index in [-0.39, 0.29) is 6.04 Å². The number of aliphatic carboxylic acids is 1. The highest BCUT2D eigenvalue weighted by Crippen LogP contribution is 2.42. The summed E-state index contributed by atoms with van der Waals surface area (Å²) in [6, 6.07) is 7.23. The number of piperidine rings is 1. The molecule has 0 aliphatic carbocycles. The van der Waals surface area contributed by atoms with E-state index in [1.165, 1.54) is 10.4 Å². The Hall–Kier alpha value is -2.05. The summed E-state index contributed by atoms with van der Waals surface area (Å²) < 4.78 is 11.0. The van der Waals surface area contributed by atoms with E-state index < -0.39 is 12.0 Å². The molecule has 2 aromatic rings. The van der Waals surface area contributed by atoms with Crippen molar-refractivity contribution in [2.24, 2.45) is 0 Å². The lowest BCUT2D eigenvalue weighted by molar-refractivity contribution is -0.145. The third kappa shape index (κ3) is 3.57. The number of nitrogens with zero attached hydrogens (tertiary/aromatic N) is 1. The summed E-state index contributed by atoms with van der Waals surface area (Å²) in [4.78, 5) is 15.2. The van der Waals surface area contributed by atoms with Gasteiger partial charge in [-0.2, -0.15) is 0 Å². The second kappa shape index (κ2) is 8.10. The first-order valence-corrected chi connectivity index (χ1v) is 9.69. The van der Waals surface area contributed by atoms with Gasteiger partial charge in [0.25, 0.3) is 0 Å². The summed E-state index contributed by atoms with van der Waals surface area (Å²) >= 11 is 1.67. The van der Waals surface area contributed by atoms with Crippen molar-refractivity contribution in [2.75, 3.05) is 20.8 Å². The molecule has 6 heteroatoms. The third-order valence-corrected chi connectivity index (χ3v) is 6.12. The number of hydrogen-bond donors (Lipinski definition) is 1. The smallest absolute Gasteiger partial charge is 0.320 e. The molecule has 1 aromatic carbocycles. The molecular weight excluding hydrogens is 350 g/mol. The maximum Gasteiger partial charge on any atom is 0.320 e. The van der Waals surface area contributed by atoms with E-state index in [1.54, 1.807) is 25.6 Å². The van der Waals surface area contributed by atoms with Crippen molar-refractivity contribution >= 4 is 17.3 Å². The van der Waals surface area contributed by atoms with Gasteiger partial charge in [-0.15, -0.1) is 11.3 Å².